The molecule has 0 aliphatic heterocycles. The minimum atomic E-state index is -0.763. The maximum atomic E-state index is 14.1. The van der Waals surface area contributed by atoms with Crippen LogP contribution in [0.4, 0.5) is 4.39 Å². The number of benzene rings is 2. The molecule has 2 amide bonds. The number of carbonyl (C=O) groups excluding carboxylic acids is 2. The molecule has 0 fully saturated rings. The maximum Gasteiger partial charge on any atom is 0.261 e. The highest BCUT2D eigenvalue weighted by molar-refractivity contribution is 5.87. The van der Waals surface area contributed by atoms with Crippen molar-refractivity contribution in [3.8, 4) is 5.75 Å². The Kier molecular flexibility index (Phi) is 7.15. The number of amides is 2. The molecule has 0 bridgehead atoms. The molecule has 0 aromatic heterocycles. The molecule has 28 heavy (non-hydrogen) atoms. The molecule has 0 unspecified atom stereocenters. The number of nitrogens with one attached hydrogen (secondary N) is 1. The van der Waals surface area contributed by atoms with Crippen molar-refractivity contribution in [2.75, 3.05) is 13.7 Å². The molecule has 0 saturated carbocycles. The summed E-state index contributed by atoms with van der Waals surface area (Å²) in [5.41, 5.74) is 3.41. The molecule has 1 N–H and O–H groups in total. The van der Waals surface area contributed by atoms with Crippen LogP contribution in [-0.2, 0) is 16.1 Å². The highest BCUT2D eigenvalue weighted by Crippen LogP contribution is 2.23. The van der Waals surface area contributed by atoms with Gasteiger partial charge in [-0.3, -0.25) is 9.59 Å². The van der Waals surface area contributed by atoms with Gasteiger partial charge in [0.2, 0.25) is 5.91 Å². The summed E-state index contributed by atoms with van der Waals surface area (Å²) < 4.78 is 19.8. The van der Waals surface area contributed by atoms with E-state index >= 15 is 0 Å². The van der Waals surface area contributed by atoms with Crippen molar-refractivity contribution in [2.45, 2.75) is 40.3 Å². The van der Waals surface area contributed by atoms with Gasteiger partial charge in [0.1, 0.15) is 17.6 Å². The number of hydrogen-bond acceptors (Lipinski definition) is 3. The van der Waals surface area contributed by atoms with Crippen LogP contribution in [0.25, 0.3) is 0 Å². The Labute approximate surface area is 165 Å². The van der Waals surface area contributed by atoms with Crippen molar-refractivity contribution in [3.63, 3.8) is 0 Å². The highest BCUT2D eigenvalue weighted by Gasteiger charge is 2.26. The first kappa shape index (κ1) is 21.4. The minimum absolute atomic E-state index is 0.0186. The van der Waals surface area contributed by atoms with Crippen molar-refractivity contribution in [2.24, 2.45) is 0 Å². The van der Waals surface area contributed by atoms with Crippen LogP contribution in [0.3, 0.4) is 0 Å². The summed E-state index contributed by atoms with van der Waals surface area (Å²) in [5, 5.41) is 2.53. The molecule has 6 heteroatoms. The number of rotatable bonds is 7. The normalized spacial score (nSPS) is 11.6. The Balaban J connectivity index is 2.21. The van der Waals surface area contributed by atoms with E-state index in [2.05, 4.69) is 5.32 Å². The Morgan fingerprint density at radius 1 is 1.18 bits per heavy atom. The van der Waals surface area contributed by atoms with Crippen LogP contribution in [0.15, 0.2) is 36.4 Å². The third kappa shape index (κ3) is 5.09. The Morgan fingerprint density at radius 2 is 1.86 bits per heavy atom. The molecule has 2 rings (SSSR count). The van der Waals surface area contributed by atoms with Gasteiger partial charge in [-0.15, -0.1) is 0 Å². The van der Waals surface area contributed by atoms with Gasteiger partial charge in [-0.2, -0.15) is 0 Å². The van der Waals surface area contributed by atoms with Crippen LogP contribution >= 0.6 is 0 Å². The minimum Gasteiger partial charge on any atom is -0.483 e. The van der Waals surface area contributed by atoms with E-state index in [0.29, 0.717) is 11.3 Å². The van der Waals surface area contributed by atoms with Crippen molar-refractivity contribution in [1.82, 2.24) is 10.2 Å². The molecule has 150 valence electrons. The fraction of sp³-hybridized carbons (Fsp3) is 0.364. The molecule has 2 aromatic carbocycles. The first-order valence-corrected chi connectivity index (χ1v) is 9.19. The summed E-state index contributed by atoms with van der Waals surface area (Å²) in [7, 11) is 1.50. The van der Waals surface area contributed by atoms with Crippen LogP contribution in [0.1, 0.15) is 29.2 Å². The lowest BCUT2D eigenvalue weighted by Gasteiger charge is -2.28. The molecule has 0 heterocycles. The molecule has 0 spiro atoms. The average Bonchev–Trinajstić information content (AvgIpc) is 2.67. The van der Waals surface area contributed by atoms with Crippen LogP contribution in [-0.4, -0.2) is 36.4 Å². The topological polar surface area (TPSA) is 58.6 Å². The van der Waals surface area contributed by atoms with Crippen LogP contribution in [0.2, 0.25) is 0 Å². The zero-order chi connectivity index (χ0) is 20.8. The van der Waals surface area contributed by atoms with E-state index in [0.717, 1.165) is 16.7 Å². The summed E-state index contributed by atoms with van der Waals surface area (Å²) in [6, 6.07) is 9.36. The Morgan fingerprint density at radius 3 is 2.50 bits per heavy atom. The zero-order valence-electron chi connectivity index (χ0n) is 17.0. The van der Waals surface area contributed by atoms with E-state index < -0.39 is 17.8 Å². The van der Waals surface area contributed by atoms with Crippen molar-refractivity contribution < 1.29 is 18.7 Å². The lowest BCUT2D eigenvalue weighted by molar-refractivity contribution is -0.142. The highest BCUT2D eigenvalue weighted by atomic mass is 19.1. The van der Waals surface area contributed by atoms with Crippen LogP contribution in [0.5, 0.6) is 5.75 Å². The molecule has 0 aliphatic rings. The van der Waals surface area contributed by atoms with E-state index in [9.17, 15) is 14.0 Å². The Bertz CT molecular complexity index is 867. The van der Waals surface area contributed by atoms with E-state index in [-0.39, 0.29) is 19.1 Å². The van der Waals surface area contributed by atoms with Gasteiger partial charge in [-0.25, -0.2) is 4.39 Å². The maximum absolute atomic E-state index is 14.1. The van der Waals surface area contributed by atoms with Gasteiger partial charge in [0.25, 0.3) is 5.91 Å². The summed E-state index contributed by atoms with van der Waals surface area (Å²) in [5.74, 6) is -0.509. The van der Waals surface area contributed by atoms with Gasteiger partial charge in [0.15, 0.2) is 6.61 Å². The van der Waals surface area contributed by atoms with Gasteiger partial charge in [-0.05, 0) is 56.5 Å². The SMILES string of the molecule is CNC(=O)[C@@H](C)N(Cc1ccccc1F)C(=O)COc1cc(C)cc(C)c1C. The summed E-state index contributed by atoms with van der Waals surface area (Å²) in [6.07, 6.45) is 0. The van der Waals surface area contributed by atoms with Gasteiger partial charge in [-0.1, -0.05) is 24.3 Å². The second-order valence-electron chi connectivity index (χ2n) is 6.90. The molecular weight excluding hydrogens is 359 g/mol. The fourth-order valence-corrected chi connectivity index (χ4v) is 2.97. The zero-order valence-corrected chi connectivity index (χ0v) is 17.0. The van der Waals surface area contributed by atoms with E-state index in [1.54, 1.807) is 25.1 Å². The van der Waals surface area contributed by atoms with Crippen molar-refractivity contribution in [1.29, 1.82) is 0 Å². The predicted octanol–water partition coefficient (Wildman–Crippen LogP) is 3.29. The summed E-state index contributed by atoms with van der Waals surface area (Å²) in [6.45, 7) is 7.22. The van der Waals surface area contributed by atoms with Crippen LogP contribution in [0, 0.1) is 26.6 Å². The molecule has 1 atom stereocenters. The first-order chi connectivity index (χ1) is 13.2. The van der Waals surface area contributed by atoms with Gasteiger partial charge in [0, 0.05) is 19.2 Å². The number of ether oxygens (including phenoxy) is 1. The third-order valence-corrected chi connectivity index (χ3v) is 4.83. The lowest BCUT2D eigenvalue weighted by atomic mass is 10.1. The second kappa shape index (κ2) is 9.35. The number of hydrogen-bond donors (Lipinski definition) is 1. The third-order valence-electron chi connectivity index (χ3n) is 4.83. The lowest BCUT2D eigenvalue weighted by Crippen LogP contribution is -2.48. The Hall–Kier alpha value is -2.89. The molecule has 0 saturated heterocycles. The second-order valence-corrected chi connectivity index (χ2v) is 6.90. The number of likely N-dealkylation sites (N-methyl/N-ethyl adjacent to an activating group) is 1. The van der Waals surface area contributed by atoms with E-state index in [4.69, 9.17) is 4.74 Å². The average molecular weight is 386 g/mol. The van der Waals surface area contributed by atoms with E-state index in [1.807, 2.05) is 32.9 Å². The van der Waals surface area contributed by atoms with Gasteiger partial charge in [0.05, 0.1) is 0 Å². The predicted molar refractivity (Wildman–Crippen MR) is 107 cm³/mol. The molecule has 2 aromatic rings. The van der Waals surface area contributed by atoms with Crippen LogP contribution < -0.4 is 10.1 Å². The van der Waals surface area contributed by atoms with E-state index in [1.165, 1.54) is 18.0 Å². The fourth-order valence-electron chi connectivity index (χ4n) is 2.97. The summed E-state index contributed by atoms with van der Waals surface area (Å²) >= 11 is 0. The van der Waals surface area contributed by atoms with Gasteiger partial charge < -0.3 is 15.0 Å². The summed E-state index contributed by atoms with van der Waals surface area (Å²) in [4.78, 5) is 26.3. The molecule has 5 nitrogen and oxygen atoms in total. The van der Waals surface area contributed by atoms with Gasteiger partial charge >= 0.3 is 0 Å². The number of aryl methyl sites for hydroxylation is 2. The standard InChI is InChI=1S/C22H27FN2O3/c1-14-10-15(2)16(3)20(11-14)28-13-21(26)25(17(4)22(27)24-5)12-18-8-6-7-9-19(18)23/h6-11,17H,12-13H2,1-5H3,(H,24,27)/t17-/m1/s1. The van der Waals surface area contributed by atoms with Crippen molar-refractivity contribution >= 4 is 11.8 Å². The monoisotopic (exact) mass is 386 g/mol. The quantitative estimate of drug-likeness (QED) is 0.794. The van der Waals surface area contributed by atoms with Crippen molar-refractivity contribution in [3.05, 3.63) is 64.5 Å². The molecular formula is C22H27FN2O3. The smallest absolute Gasteiger partial charge is 0.261 e. The molecule has 0 aliphatic carbocycles. The number of carbonyl (C=O) groups is 2. The largest absolute Gasteiger partial charge is 0.483 e. The molecule has 0 radical (unpaired) electrons. The number of nitrogens with zero attached hydrogens (tertiary/aromatic N) is 1. The number of halogens is 1. The first-order valence-electron chi connectivity index (χ1n) is 9.19.